The van der Waals surface area contributed by atoms with Gasteiger partial charge in [-0.2, -0.15) is 0 Å². The number of hydrogen-bond acceptors (Lipinski definition) is 4. The van der Waals surface area contributed by atoms with E-state index in [2.05, 4.69) is 10.6 Å². The van der Waals surface area contributed by atoms with E-state index in [1.165, 1.54) is 12.1 Å². The molecule has 0 bridgehead atoms. The fourth-order valence-electron chi connectivity index (χ4n) is 2.16. The van der Waals surface area contributed by atoms with Crippen LogP contribution >= 0.6 is 0 Å². The van der Waals surface area contributed by atoms with Crippen LogP contribution in [-0.2, 0) is 9.84 Å². The van der Waals surface area contributed by atoms with Crippen molar-refractivity contribution in [2.45, 2.75) is 18.9 Å². The zero-order valence-corrected chi connectivity index (χ0v) is 12.9. The maximum Gasteiger partial charge on any atom is 0.315 e. The number of halogens is 1. The van der Waals surface area contributed by atoms with E-state index in [0.717, 1.165) is 0 Å². The standard InChI is InChI=1S/C14H19FN2O4S/c15-12-4-1-2-5-13(12)21-8-3-7-16-14(18)17-11-6-9-22(19,20)10-11/h1-2,4-5,11H,3,6-10H2,(H2,16,17,18). The molecular formula is C14H19FN2O4S. The van der Waals surface area contributed by atoms with E-state index >= 15 is 0 Å². The maximum absolute atomic E-state index is 13.3. The highest BCUT2D eigenvalue weighted by Crippen LogP contribution is 2.15. The number of sulfone groups is 1. The molecule has 122 valence electrons. The minimum atomic E-state index is -3.00. The van der Waals surface area contributed by atoms with Crippen molar-refractivity contribution in [3.63, 3.8) is 0 Å². The summed E-state index contributed by atoms with van der Waals surface area (Å²) in [6.07, 6.45) is 0.969. The van der Waals surface area contributed by atoms with Crippen molar-refractivity contribution in [1.29, 1.82) is 0 Å². The van der Waals surface area contributed by atoms with Crippen LogP contribution in [0.5, 0.6) is 5.75 Å². The Morgan fingerprint density at radius 3 is 2.82 bits per heavy atom. The molecular weight excluding hydrogens is 311 g/mol. The Morgan fingerprint density at radius 1 is 1.36 bits per heavy atom. The van der Waals surface area contributed by atoms with Crippen molar-refractivity contribution in [2.75, 3.05) is 24.7 Å². The van der Waals surface area contributed by atoms with E-state index in [1.807, 2.05) is 0 Å². The molecule has 2 rings (SSSR count). The number of carbonyl (C=O) groups is 1. The van der Waals surface area contributed by atoms with E-state index in [-0.39, 0.29) is 29.9 Å². The smallest absolute Gasteiger partial charge is 0.315 e. The first-order valence-electron chi connectivity index (χ1n) is 7.08. The van der Waals surface area contributed by atoms with Crippen molar-refractivity contribution < 1.29 is 22.3 Å². The second kappa shape index (κ2) is 7.44. The first kappa shape index (κ1) is 16.5. The molecule has 0 aliphatic carbocycles. The molecule has 1 aromatic rings. The highest BCUT2D eigenvalue weighted by Gasteiger charge is 2.28. The average molecular weight is 330 g/mol. The summed E-state index contributed by atoms with van der Waals surface area (Å²) in [6, 6.07) is 5.40. The van der Waals surface area contributed by atoms with Crippen molar-refractivity contribution in [1.82, 2.24) is 10.6 Å². The number of rotatable bonds is 6. The van der Waals surface area contributed by atoms with Gasteiger partial charge in [-0.25, -0.2) is 17.6 Å². The van der Waals surface area contributed by atoms with Crippen LogP contribution in [0.2, 0.25) is 0 Å². The van der Waals surface area contributed by atoms with Gasteiger partial charge in [-0.05, 0) is 25.0 Å². The normalized spacial score (nSPS) is 19.6. The molecule has 2 N–H and O–H groups in total. The largest absolute Gasteiger partial charge is 0.490 e. The average Bonchev–Trinajstić information content (AvgIpc) is 2.79. The fraction of sp³-hybridized carbons (Fsp3) is 0.500. The summed E-state index contributed by atoms with van der Waals surface area (Å²) in [5, 5.41) is 5.24. The minimum absolute atomic E-state index is 0.00316. The quantitative estimate of drug-likeness (QED) is 0.765. The molecule has 22 heavy (non-hydrogen) atoms. The van der Waals surface area contributed by atoms with Crippen LogP contribution < -0.4 is 15.4 Å². The van der Waals surface area contributed by atoms with E-state index in [9.17, 15) is 17.6 Å². The Bertz CT molecular complexity index is 621. The van der Waals surface area contributed by atoms with Crippen LogP contribution in [0.25, 0.3) is 0 Å². The molecule has 2 amide bonds. The van der Waals surface area contributed by atoms with Gasteiger partial charge in [0, 0.05) is 12.6 Å². The van der Waals surface area contributed by atoms with Crippen LogP contribution in [0.3, 0.4) is 0 Å². The van der Waals surface area contributed by atoms with Gasteiger partial charge in [-0.15, -0.1) is 0 Å². The summed E-state index contributed by atoms with van der Waals surface area (Å²) in [4.78, 5) is 11.6. The van der Waals surface area contributed by atoms with Gasteiger partial charge in [0.1, 0.15) is 0 Å². The molecule has 0 aromatic heterocycles. The molecule has 1 aromatic carbocycles. The molecule has 8 heteroatoms. The van der Waals surface area contributed by atoms with E-state index in [0.29, 0.717) is 19.4 Å². The summed E-state index contributed by atoms with van der Waals surface area (Å²) in [7, 11) is -3.00. The summed E-state index contributed by atoms with van der Waals surface area (Å²) in [5.74, 6) is -0.121. The number of urea groups is 1. The van der Waals surface area contributed by atoms with Crippen LogP contribution in [0, 0.1) is 5.82 Å². The van der Waals surface area contributed by atoms with Gasteiger partial charge >= 0.3 is 6.03 Å². The summed E-state index contributed by atoms with van der Waals surface area (Å²) in [6.45, 7) is 0.638. The summed E-state index contributed by atoms with van der Waals surface area (Å²) in [5.41, 5.74) is 0. The van der Waals surface area contributed by atoms with Crippen LogP contribution in [0.15, 0.2) is 24.3 Å². The molecule has 0 radical (unpaired) electrons. The van der Waals surface area contributed by atoms with Crippen LogP contribution in [-0.4, -0.2) is 45.1 Å². The van der Waals surface area contributed by atoms with Crippen LogP contribution in [0.1, 0.15) is 12.8 Å². The van der Waals surface area contributed by atoms with Gasteiger partial charge < -0.3 is 15.4 Å². The number of nitrogens with one attached hydrogen (secondary N) is 2. The number of ether oxygens (including phenoxy) is 1. The van der Waals surface area contributed by atoms with Crippen molar-refractivity contribution in [3.05, 3.63) is 30.1 Å². The Labute approximate surface area is 129 Å². The Kier molecular flexibility index (Phi) is 5.59. The Hall–Kier alpha value is -1.83. The molecule has 1 saturated heterocycles. The number of amides is 2. The summed E-state index contributed by atoms with van der Waals surface area (Å²) >= 11 is 0. The van der Waals surface area contributed by atoms with E-state index < -0.39 is 21.7 Å². The van der Waals surface area contributed by atoms with Gasteiger partial charge in [-0.3, -0.25) is 0 Å². The molecule has 1 fully saturated rings. The first-order chi connectivity index (χ1) is 10.5. The zero-order chi connectivity index (χ0) is 16.0. The molecule has 1 unspecified atom stereocenters. The van der Waals surface area contributed by atoms with Crippen molar-refractivity contribution in [3.8, 4) is 5.75 Å². The Balaban J connectivity index is 1.59. The molecule has 1 aliphatic rings. The van der Waals surface area contributed by atoms with Gasteiger partial charge in [0.15, 0.2) is 21.4 Å². The number of carbonyl (C=O) groups excluding carboxylic acids is 1. The lowest BCUT2D eigenvalue weighted by Crippen LogP contribution is -2.43. The maximum atomic E-state index is 13.3. The van der Waals surface area contributed by atoms with E-state index in [1.54, 1.807) is 12.1 Å². The molecule has 1 aliphatic heterocycles. The van der Waals surface area contributed by atoms with Gasteiger partial charge in [0.05, 0.1) is 18.1 Å². The topological polar surface area (TPSA) is 84.5 Å². The lowest BCUT2D eigenvalue weighted by molar-refractivity contribution is 0.236. The highest BCUT2D eigenvalue weighted by atomic mass is 32.2. The van der Waals surface area contributed by atoms with Crippen molar-refractivity contribution >= 4 is 15.9 Å². The molecule has 1 atom stereocenters. The fourth-order valence-corrected chi connectivity index (χ4v) is 3.84. The first-order valence-corrected chi connectivity index (χ1v) is 8.90. The second-order valence-corrected chi connectivity index (χ2v) is 7.36. The SMILES string of the molecule is O=C(NCCCOc1ccccc1F)NC1CCS(=O)(=O)C1. The third-order valence-electron chi connectivity index (χ3n) is 3.27. The van der Waals surface area contributed by atoms with Gasteiger partial charge in [-0.1, -0.05) is 12.1 Å². The lowest BCUT2D eigenvalue weighted by Gasteiger charge is -2.12. The lowest BCUT2D eigenvalue weighted by atomic mass is 10.3. The minimum Gasteiger partial charge on any atom is -0.490 e. The molecule has 1 heterocycles. The van der Waals surface area contributed by atoms with Gasteiger partial charge in [0.2, 0.25) is 0 Å². The van der Waals surface area contributed by atoms with E-state index in [4.69, 9.17) is 4.74 Å². The third-order valence-corrected chi connectivity index (χ3v) is 5.04. The monoisotopic (exact) mass is 330 g/mol. The number of para-hydroxylation sites is 1. The predicted molar refractivity (Wildman–Crippen MR) is 80.1 cm³/mol. The van der Waals surface area contributed by atoms with Crippen molar-refractivity contribution in [2.24, 2.45) is 0 Å². The van der Waals surface area contributed by atoms with Gasteiger partial charge in [0.25, 0.3) is 0 Å². The third kappa shape index (κ3) is 5.18. The Morgan fingerprint density at radius 2 is 2.14 bits per heavy atom. The highest BCUT2D eigenvalue weighted by molar-refractivity contribution is 7.91. The number of benzene rings is 1. The predicted octanol–water partition coefficient (Wildman–Crippen LogP) is 1.08. The molecule has 6 nitrogen and oxygen atoms in total. The molecule has 0 spiro atoms. The van der Waals surface area contributed by atoms with Crippen LogP contribution in [0.4, 0.5) is 9.18 Å². The number of hydrogen-bond donors (Lipinski definition) is 2. The molecule has 0 saturated carbocycles. The zero-order valence-electron chi connectivity index (χ0n) is 12.0. The summed E-state index contributed by atoms with van der Waals surface area (Å²) < 4.78 is 41.0. The second-order valence-electron chi connectivity index (χ2n) is 5.13.